The fourth-order valence-electron chi connectivity index (χ4n) is 2.28. The third kappa shape index (κ3) is 4.91. The van der Waals surface area contributed by atoms with Crippen molar-refractivity contribution in [2.45, 2.75) is 6.04 Å². The van der Waals surface area contributed by atoms with Gasteiger partial charge in [-0.3, -0.25) is 4.98 Å². The summed E-state index contributed by atoms with van der Waals surface area (Å²) in [6, 6.07) is 11.9. The molecule has 122 valence electrons. The summed E-state index contributed by atoms with van der Waals surface area (Å²) in [7, 11) is 5.72. The Balaban J connectivity index is 1.97. The van der Waals surface area contributed by atoms with Crippen LogP contribution in [0.2, 0.25) is 0 Å². The van der Waals surface area contributed by atoms with Gasteiger partial charge in [0, 0.05) is 18.9 Å². The van der Waals surface area contributed by atoms with Crippen LogP contribution in [0.25, 0.3) is 0 Å². The molecule has 6 heteroatoms. The van der Waals surface area contributed by atoms with Crippen molar-refractivity contribution in [2.24, 2.45) is 0 Å². The van der Waals surface area contributed by atoms with E-state index in [1.54, 1.807) is 13.3 Å². The molecule has 1 heterocycles. The Kier molecular flexibility index (Phi) is 6.31. The van der Waals surface area contributed by atoms with E-state index in [4.69, 9.17) is 17.0 Å². The lowest BCUT2D eigenvalue weighted by atomic mass is 10.1. The minimum absolute atomic E-state index is 0.182. The van der Waals surface area contributed by atoms with Crippen LogP contribution < -0.4 is 15.4 Å². The standard InChI is InChI=1S/C17H22N4OS/c1-21(2)15(13-7-6-10-18-11-13)12-19-17(23)20-14-8-4-5-9-16(14)22-3/h4-11,15H,12H2,1-3H3,(H2,19,20,23)/t15-/m0/s1. The first-order valence-corrected chi connectivity index (χ1v) is 7.77. The zero-order valence-electron chi connectivity index (χ0n) is 13.6. The van der Waals surface area contributed by atoms with Crippen LogP contribution in [0, 0.1) is 0 Å². The predicted molar refractivity (Wildman–Crippen MR) is 97.9 cm³/mol. The molecule has 0 aliphatic carbocycles. The van der Waals surface area contributed by atoms with Gasteiger partial charge in [0.05, 0.1) is 18.8 Å². The van der Waals surface area contributed by atoms with Crippen molar-refractivity contribution in [3.63, 3.8) is 0 Å². The second kappa shape index (κ2) is 8.45. The molecule has 2 rings (SSSR count). The number of likely N-dealkylation sites (N-methyl/N-ethyl adjacent to an activating group) is 1. The normalized spacial score (nSPS) is 11.8. The summed E-state index contributed by atoms with van der Waals surface area (Å²) >= 11 is 5.39. The first kappa shape index (κ1) is 17.2. The second-order valence-corrected chi connectivity index (χ2v) is 5.71. The van der Waals surface area contributed by atoms with E-state index in [-0.39, 0.29) is 6.04 Å². The Labute approximate surface area is 142 Å². The molecule has 0 aliphatic heterocycles. The Morgan fingerprint density at radius 1 is 1.26 bits per heavy atom. The van der Waals surface area contributed by atoms with E-state index >= 15 is 0 Å². The molecular weight excluding hydrogens is 308 g/mol. The molecule has 0 saturated heterocycles. The Hall–Kier alpha value is -2.18. The van der Waals surface area contributed by atoms with E-state index in [2.05, 4.69) is 26.6 Å². The zero-order valence-corrected chi connectivity index (χ0v) is 14.4. The third-order valence-electron chi connectivity index (χ3n) is 3.50. The molecule has 1 atom stereocenters. The highest BCUT2D eigenvalue weighted by Gasteiger charge is 2.14. The number of methoxy groups -OCH3 is 1. The molecule has 1 aromatic heterocycles. The van der Waals surface area contributed by atoms with Crippen LogP contribution in [-0.4, -0.2) is 42.7 Å². The van der Waals surface area contributed by atoms with Crippen LogP contribution in [0.1, 0.15) is 11.6 Å². The van der Waals surface area contributed by atoms with Crippen molar-refractivity contribution in [1.82, 2.24) is 15.2 Å². The topological polar surface area (TPSA) is 49.4 Å². The van der Waals surface area contributed by atoms with E-state index in [1.165, 1.54) is 0 Å². The lowest BCUT2D eigenvalue weighted by Gasteiger charge is -2.25. The lowest BCUT2D eigenvalue weighted by molar-refractivity contribution is 0.298. The molecule has 23 heavy (non-hydrogen) atoms. The quantitative estimate of drug-likeness (QED) is 0.794. The first-order chi connectivity index (χ1) is 11.1. The second-order valence-electron chi connectivity index (χ2n) is 5.30. The number of thiocarbonyl (C=S) groups is 1. The van der Waals surface area contributed by atoms with Gasteiger partial charge in [0.1, 0.15) is 5.75 Å². The smallest absolute Gasteiger partial charge is 0.170 e. The zero-order chi connectivity index (χ0) is 16.7. The monoisotopic (exact) mass is 330 g/mol. The van der Waals surface area contributed by atoms with Gasteiger partial charge in [-0.15, -0.1) is 0 Å². The number of benzene rings is 1. The van der Waals surface area contributed by atoms with E-state index in [9.17, 15) is 0 Å². The summed E-state index contributed by atoms with van der Waals surface area (Å²) < 4.78 is 5.31. The molecule has 2 aromatic rings. The molecule has 0 radical (unpaired) electrons. The van der Waals surface area contributed by atoms with Gasteiger partial charge in [-0.25, -0.2) is 0 Å². The first-order valence-electron chi connectivity index (χ1n) is 7.36. The summed E-state index contributed by atoms with van der Waals surface area (Å²) in [5, 5.41) is 6.99. The maximum absolute atomic E-state index is 5.39. The molecule has 0 spiro atoms. The average molecular weight is 330 g/mol. The number of hydrogen-bond donors (Lipinski definition) is 2. The predicted octanol–water partition coefficient (Wildman–Crippen LogP) is 2.68. The van der Waals surface area contributed by atoms with Crippen molar-refractivity contribution in [3.05, 3.63) is 54.4 Å². The van der Waals surface area contributed by atoms with Gasteiger partial charge >= 0.3 is 0 Å². The van der Waals surface area contributed by atoms with Gasteiger partial charge in [0.2, 0.25) is 0 Å². The average Bonchev–Trinajstić information content (AvgIpc) is 2.56. The van der Waals surface area contributed by atoms with Gasteiger partial charge in [-0.05, 0) is 50.1 Å². The Bertz CT molecular complexity index is 634. The summed E-state index contributed by atoms with van der Waals surface area (Å²) in [5.74, 6) is 0.757. The SMILES string of the molecule is COc1ccccc1NC(=S)NC[C@@H](c1cccnc1)N(C)C. The number of pyridine rings is 1. The minimum atomic E-state index is 0.182. The molecule has 0 amide bonds. The largest absolute Gasteiger partial charge is 0.495 e. The molecule has 1 aromatic carbocycles. The highest BCUT2D eigenvalue weighted by Crippen LogP contribution is 2.23. The number of anilines is 1. The lowest BCUT2D eigenvalue weighted by Crippen LogP contribution is -2.36. The van der Waals surface area contributed by atoms with Crippen LogP contribution in [0.3, 0.4) is 0 Å². The maximum Gasteiger partial charge on any atom is 0.170 e. The van der Waals surface area contributed by atoms with Gasteiger partial charge < -0.3 is 20.3 Å². The highest BCUT2D eigenvalue weighted by molar-refractivity contribution is 7.80. The number of hydrogen-bond acceptors (Lipinski definition) is 4. The molecule has 0 aliphatic rings. The van der Waals surface area contributed by atoms with E-state index < -0.39 is 0 Å². The summed E-state index contributed by atoms with van der Waals surface area (Å²) in [6.45, 7) is 0.680. The molecule has 0 bridgehead atoms. The number of para-hydroxylation sites is 2. The van der Waals surface area contributed by atoms with Crippen LogP contribution in [0.15, 0.2) is 48.8 Å². The number of aromatic nitrogens is 1. The molecule has 2 N–H and O–H groups in total. The van der Waals surface area contributed by atoms with Crippen LogP contribution in [0.5, 0.6) is 5.75 Å². The Morgan fingerprint density at radius 2 is 2.04 bits per heavy atom. The van der Waals surface area contributed by atoms with Gasteiger partial charge in [-0.1, -0.05) is 18.2 Å². The summed E-state index contributed by atoms with van der Waals surface area (Å²) in [6.07, 6.45) is 3.65. The van der Waals surface area contributed by atoms with Crippen molar-refractivity contribution in [2.75, 3.05) is 33.1 Å². The highest BCUT2D eigenvalue weighted by atomic mass is 32.1. The van der Waals surface area contributed by atoms with Gasteiger partial charge in [0.25, 0.3) is 0 Å². The molecule has 0 unspecified atom stereocenters. The van der Waals surface area contributed by atoms with Crippen LogP contribution in [0.4, 0.5) is 5.69 Å². The molecule has 0 fully saturated rings. The summed E-state index contributed by atoms with van der Waals surface area (Å²) in [4.78, 5) is 6.32. The Morgan fingerprint density at radius 3 is 2.70 bits per heavy atom. The van der Waals surface area contributed by atoms with Crippen molar-refractivity contribution in [3.8, 4) is 5.75 Å². The van der Waals surface area contributed by atoms with E-state index in [0.717, 1.165) is 17.0 Å². The van der Waals surface area contributed by atoms with Crippen molar-refractivity contribution < 1.29 is 4.74 Å². The van der Waals surface area contributed by atoms with Crippen LogP contribution in [-0.2, 0) is 0 Å². The van der Waals surface area contributed by atoms with Crippen molar-refractivity contribution in [1.29, 1.82) is 0 Å². The minimum Gasteiger partial charge on any atom is -0.495 e. The number of rotatable bonds is 6. The van der Waals surface area contributed by atoms with Crippen molar-refractivity contribution >= 4 is 23.0 Å². The number of ether oxygens (including phenoxy) is 1. The fourth-order valence-corrected chi connectivity index (χ4v) is 2.47. The molecule has 0 saturated carbocycles. The maximum atomic E-state index is 5.39. The van der Waals surface area contributed by atoms with Gasteiger partial charge in [-0.2, -0.15) is 0 Å². The number of nitrogens with one attached hydrogen (secondary N) is 2. The molecular formula is C17H22N4OS. The summed E-state index contributed by atoms with van der Waals surface area (Å²) in [5.41, 5.74) is 1.99. The van der Waals surface area contributed by atoms with E-state index in [0.29, 0.717) is 11.7 Å². The fraction of sp³-hybridized carbons (Fsp3) is 0.294. The van der Waals surface area contributed by atoms with Gasteiger partial charge in [0.15, 0.2) is 5.11 Å². The third-order valence-corrected chi connectivity index (χ3v) is 3.75. The molecule has 5 nitrogen and oxygen atoms in total. The van der Waals surface area contributed by atoms with E-state index in [1.807, 2.05) is 50.6 Å². The van der Waals surface area contributed by atoms with Crippen LogP contribution >= 0.6 is 12.2 Å². The number of nitrogens with zero attached hydrogens (tertiary/aromatic N) is 2.